The second-order valence-electron chi connectivity index (χ2n) is 19.4. The molecule has 0 saturated heterocycles. The van der Waals surface area contributed by atoms with Crippen LogP contribution in [0, 0.1) is 6.57 Å². The van der Waals surface area contributed by atoms with E-state index in [9.17, 15) is 23.0 Å². The summed E-state index contributed by atoms with van der Waals surface area (Å²) in [4.78, 5) is 18.7. The fraction of sp³-hybridized carbons (Fsp3) is 0. The molecule has 0 aliphatic rings. The summed E-state index contributed by atoms with van der Waals surface area (Å²) in [6, 6.07) is 12.3. The van der Waals surface area contributed by atoms with Gasteiger partial charge in [-0.15, -0.1) is 0 Å². The maximum Gasteiger partial charge on any atom is 0.212 e. The molecule has 0 fully saturated rings. The number of aromatic nitrogens is 5. The highest BCUT2D eigenvalue weighted by Crippen LogP contribution is 2.52. The molecule has 0 unspecified atom stereocenters. The highest BCUT2D eigenvalue weighted by molar-refractivity contribution is 6.27. The van der Waals surface area contributed by atoms with E-state index in [-0.39, 0.29) is 88.6 Å². The SMILES string of the molecule is [2H]c1c([2H])c([2H])c(-c2ccc3c(c2)c2c4oc5ccccc5c4ccc2n3-c2c([N+]#[C-])cc(-c3nc(-c4c([2H])c([2H])c([2H])c([2H])c4[2H])nc(-c4c([2H])c([2H])c([2H])c([2H])c4[2H])n3)c(-n3c4ccc(-c5c([2H])c([2H])c([2H])c([2H])c5[2H])cc4c4c5oc6ccccc6c5ccc43)c2-c2c([2H])c([2H])c([2H])c([2H])c2[2H])c([2H])c1[2H]. The predicted molar refractivity (Wildman–Crippen MR) is 342 cm³/mol. The quantitative estimate of drug-likeness (QED) is 0.142. The Labute approximate surface area is 516 Å². The first kappa shape index (κ1) is 28.7. The molecule has 12 aromatic carbocycles. The molecule has 5 heterocycles. The minimum atomic E-state index is -0.890. The largest absolute Gasteiger partial charge is 0.455 e. The topological polar surface area (TPSA) is 79.2 Å². The Morgan fingerprint density at radius 2 is 0.762 bits per heavy atom. The molecule has 0 radical (unpaired) electrons. The van der Waals surface area contributed by atoms with E-state index >= 15 is 0 Å². The number of hydrogen-bond acceptors (Lipinski definition) is 5. The summed E-state index contributed by atoms with van der Waals surface area (Å²) in [5, 5.41) is 3.36. The molecule has 0 aliphatic carbocycles. The maximum absolute atomic E-state index is 10.3. The van der Waals surface area contributed by atoms with Gasteiger partial charge in [-0.3, -0.25) is 0 Å². The Bertz CT molecular complexity index is 6930. The van der Waals surface area contributed by atoms with Crippen molar-refractivity contribution < 1.29 is 43.1 Å². The first-order chi connectivity index (χ1) is 52.0. The van der Waals surface area contributed by atoms with E-state index in [4.69, 9.17) is 36.6 Å². The molecule has 0 saturated carbocycles. The molecule has 8 heteroatoms. The Morgan fingerprint density at radius 3 is 1.23 bits per heavy atom. The van der Waals surface area contributed by atoms with Crippen molar-refractivity contribution in [3.63, 3.8) is 0 Å². The van der Waals surface area contributed by atoms with Crippen LogP contribution in [0.1, 0.15) is 34.3 Å². The maximum atomic E-state index is 10.3. The second kappa shape index (κ2) is 18.7. The molecule has 0 spiro atoms. The van der Waals surface area contributed by atoms with Gasteiger partial charge in [0.15, 0.2) is 17.5 Å². The highest BCUT2D eigenvalue weighted by atomic mass is 16.3. The van der Waals surface area contributed by atoms with Crippen LogP contribution < -0.4 is 0 Å². The van der Waals surface area contributed by atoms with Gasteiger partial charge in [0.25, 0.3) is 0 Å². The molecule has 0 amide bonds. The fourth-order valence-corrected chi connectivity index (χ4v) is 11.6. The molecule has 17 rings (SSSR count). The first-order valence-corrected chi connectivity index (χ1v) is 26.0. The minimum absolute atomic E-state index is 0.0842. The average Bonchev–Trinajstić information content (AvgIpc) is 1.58. The summed E-state index contributed by atoms with van der Waals surface area (Å²) in [7, 11) is 0. The van der Waals surface area contributed by atoms with Crippen molar-refractivity contribution in [2.75, 3.05) is 0 Å². The number of para-hydroxylation sites is 2. The van der Waals surface area contributed by atoms with E-state index in [1.807, 2.05) is 12.1 Å². The normalized spacial score (nSPS) is 16.0. The summed E-state index contributed by atoms with van der Waals surface area (Å²) in [6.07, 6.45) is 0. The third-order valence-corrected chi connectivity index (χ3v) is 15.0. The summed E-state index contributed by atoms with van der Waals surface area (Å²) < 4.78 is 245. The van der Waals surface area contributed by atoms with Crippen molar-refractivity contribution in [2.24, 2.45) is 0 Å². The van der Waals surface area contributed by atoms with Gasteiger partial charge in [0.1, 0.15) is 22.3 Å². The zero-order valence-corrected chi connectivity index (χ0v) is 43.0. The van der Waals surface area contributed by atoms with Crippen LogP contribution in [-0.4, -0.2) is 24.1 Å². The summed E-state index contributed by atoms with van der Waals surface area (Å²) in [5.41, 5.74) is -2.17. The molecule has 17 aromatic rings. The lowest BCUT2D eigenvalue weighted by molar-refractivity contribution is 0.672. The molecule has 390 valence electrons. The molecule has 0 bridgehead atoms. The van der Waals surface area contributed by atoms with Crippen LogP contribution in [0.2, 0.25) is 0 Å². The van der Waals surface area contributed by atoms with Gasteiger partial charge in [-0.2, -0.15) is 0 Å². The van der Waals surface area contributed by atoms with Crippen LogP contribution in [-0.2, 0) is 0 Å². The Balaban J connectivity index is 1.15. The van der Waals surface area contributed by atoms with Crippen LogP contribution in [0.4, 0.5) is 5.69 Å². The molecule has 0 aliphatic heterocycles. The number of furan rings is 2. The van der Waals surface area contributed by atoms with Crippen LogP contribution >= 0.6 is 0 Å². The highest BCUT2D eigenvalue weighted by Gasteiger charge is 2.31. The summed E-state index contributed by atoms with van der Waals surface area (Å²) in [6.45, 7) is 9.58. The van der Waals surface area contributed by atoms with Crippen LogP contribution in [0.3, 0.4) is 0 Å². The molecular formula is C76H44N6O2. The Hall–Kier alpha value is -11.7. The molecule has 0 atom stereocenters. The Morgan fingerprint density at radius 1 is 0.357 bits per heavy atom. The van der Waals surface area contributed by atoms with Gasteiger partial charge >= 0.3 is 0 Å². The van der Waals surface area contributed by atoms with E-state index in [1.165, 1.54) is 24.3 Å². The predicted octanol–water partition coefficient (Wildman–Crippen LogP) is 20.4. The van der Waals surface area contributed by atoms with E-state index in [0.29, 0.717) is 38.1 Å². The van der Waals surface area contributed by atoms with E-state index in [0.717, 1.165) is 0 Å². The van der Waals surface area contributed by atoms with Gasteiger partial charge in [-0.25, -0.2) is 19.8 Å². The summed E-state index contributed by atoms with van der Waals surface area (Å²) >= 11 is 0. The van der Waals surface area contributed by atoms with Crippen molar-refractivity contribution in [1.29, 1.82) is 0 Å². The van der Waals surface area contributed by atoms with Gasteiger partial charge in [-0.1, -0.05) is 200 Å². The monoisotopic (exact) mass is 1100 g/mol. The molecule has 8 nitrogen and oxygen atoms in total. The van der Waals surface area contributed by atoms with Gasteiger partial charge < -0.3 is 18.0 Å². The number of benzene rings is 12. The average molecular weight is 1100 g/mol. The zero-order chi connectivity index (χ0) is 77.2. The van der Waals surface area contributed by atoms with E-state index in [1.54, 1.807) is 88.0 Å². The number of nitrogens with zero attached hydrogens (tertiary/aromatic N) is 6. The number of fused-ring (bicyclic) bond motifs is 14. The van der Waals surface area contributed by atoms with Gasteiger partial charge in [0.2, 0.25) is 5.69 Å². The van der Waals surface area contributed by atoms with Crippen LogP contribution in [0.25, 0.3) is 171 Å². The van der Waals surface area contributed by atoms with Crippen LogP contribution in [0.15, 0.2) is 275 Å². The fourth-order valence-electron chi connectivity index (χ4n) is 11.6. The molecular weight excluding hydrogens is 1030 g/mol. The smallest absolute Gasteiger partial charge is 0.212 e. The van der Waals surface area contributed by atoms with Gasteiger partial charge in [0.05, 0.1) is 85.1 Å². The Kier molecular flexibility index (Phi) is 6.38. The lowest BCUT2D eigenvalue weighted by Gasteiger charge is -2.24. The van der Waals surface area contributed by atoms with Gasteiger partial charge in [-0.05, 0) is 94.5 Å². The van der Waals surface area contributed by atoms with Crippen molar-refractivity contribution in [2.45, 2.75) is 0 Å². The zero-order valence-electron chi connectivity index (χ0n) is 68.0. The standard InChI is InChI=1S/C76H44N6O2/c1-77-60-45-59(76-79-74(49-27-13-5-14-28-49)78-75(80-76)50-29-15-6-16-30-50)70(81-61-39-35-51(46-21-7-2-8-22-46)43-57(61)68-63(81)41-37-55-53-31-17-19-33-65(53)83-72(55)68)67(48-25-11-4-12-26-48)71(60)82-62-40-36-52(47-23-9-3-10-24-47)44-58(62)69-64(82)42-38-56-54-32-18-20-34-66(54)84-73(56)69/h2-45H/i2D,3D,4D,5D,6D,7D,8D,9D,10D,11D,12D,13D,14D,15D,16D,21D,22D,23D,24D,25D,26D,27D,28D,29D,30D. The summed E-state index contributed by atoms with van der Waals surface area (Å²) in [5.74, 6) is -2.17. The van der Waals surface area contributed by atoms with Crippen molar-refractivity contribution in [1.82, 2.24) is 24.1 Å². The molecule has 0 N–H and O–H groups in total. The minimum Gasteiger partial charge on any atom is -0.455 e. The van der Waals surface area contributed by atoms with E-state index < -0.39 is 196 Å². The van der Waals surface area contributed by atoms with Crippen molar-refractivity contribution >= 4 is 93.2 Å². The lowest BCUT2D eigenvalue weighted by atomic mass is 9.94. The number of hydrogen-bond donors (Lipinski definition) is 0. The van der Waals surface area contributed by atoms with Crippen LogP contribution in [0.5, 0.6) is 0 Å². The second-order valence-corrected chi connectivity index (χ2v) is 19.4. The van der Waals surface area contributed by atoms with E-state index in [2.05, 4.69) is 9.83 Å². The van der Waals surface area contributed by atoms with Crippen molar-refractivity contribution in [3.8, 4) is 78.9 Å². The van der Waals surface area contributed by atoms with Crippen molar-refractivity contribution in [3.05, 3.63) is 278 Å². The molecule has 5 aromatic heterocycles. The first-order valence-electron chi connectivity index (χ1n) is 38.5. The molecule has 84 heavy (non-hydrogen) atoms. The number of rotatable bonds is 8. The third-order valence-electron chi connectivity index (χ3n) is 15.0. The van der Waals surface area contributed by atoms with Gasteiger partial charge in [0, 0.05) is 54.6 Å². The lowest BCUT2D eigenvalue weighted by Crippen LogP contribution is -2.08. The third kappa shape index (κ3) is 7.23.